The van der Waals surface area contributed by atoms with Crippen LogP contribution >= 0.6 is 0 Å². The number of aromatic nitrogens is 1. The lowest BCUT2D eigenvalue weighted by Crippen LogP contribution is -2.29. The number of hydrogen-bond donors (Lipinski definition) is 0. The maximum Gasteiger partial charge on any atom is 0.132 e. The van der Waals surface area contributed by atoms with Gasteiger partial charge in [-0.15, -0.1) is 0 Å². The van der Waals surface area contributed by atoms with E-state index in [0.717, 1.165) is 42.6 Å². The SMILES string of the molecule is CCn1cc(CN2CCCCC2)c2c(F)cccc21. The molecule has 0 aliphatic carbocycles. The van der Waals surface area contributed by atoms with E-state index in [1.165, 1.54) is 19.3 Å². The number of aryl methyl sites for hydroxylation is 1. The quantitative estimate of drug-likeness (QED) is 0.815. The molecule has 1 aliphatic rings. The minimum absolute atomic E-state index is 0.0864. The average Bonchev–Trinajstić information content (AvgIpc) is 2.79. The molecule has 1 saturated heterocycles. The Morgan fingerprint density at radius 1 is 1.16 bits per heavy atom. The van der Waals surface area contributed by atoms with E-state index >= 15 is 0 Å². The molecule has 1 fully saturated rings. The molecule has 0 bridgehead atoms. The first-order valence-corrected chi connectivity index (χ1v) is 7.28. The fraction of sp³-hybridized carbons (Fsp3) is 0.500. The highest BCUT2D eigenvalue weighted by atomic mass is 19.1. The predicted molar refractivity (Wildman–Crippen MR) is 76.7 cm³/mol. The van der Waals surface area contributed by atoms with Gasteiger partial charge in [-0.25, -0.2) is 4.39 Å². The standard InChI is InChI=1S/C16H21FN2/c1-2-19-12-13(11-18-9-4-3-5-10-18)16-14(17)7-6-8-15(16)19/h6-8,12H,2-5,9-11H2,1H3. The van der Waals surface area contributed by atoms with Gasteiger partial charge in [-0.05, 0) is 50.6 Å². The molecule has 102 valence electrons. The second-order valence-electron chi connectivity index (χ2n) is 5.41. The highest BCUT2D eigenvalue weighted by Crippen LogP contribution is 2.26. The lowest BCUT2D eigenvalue weighted by Gasteiger charge is -2.26. The smallest absolute Gasteiger partial charge is 0.132 e. The highest BCUT2D eigenvalue weighted by Gasteiger charge is 2.16. The molecule has 0 saturated carbocycles. The maximum absolute atomic E-state index is 14.1. The van der Waals surface area contributed by atoms with Crippen molar-refractivity contribution in [3.8, 4) is 0 Å². The number of benzene rings is 1. The van der Waals surface area contributed by atoms with Gasteiger partial charge < -0.3 is 4.57 Å². The van der Waals surface area contributed by atoms with Crippen LogP contribution in [-0.2, 0) is 13.1 Å². The molecule has 1 aromatic carbocycles. The maximum atomic E-state index is 14.1. The molecule has 0 N–H and O–H groups in total. The first-order valence-electron chi connectivity index (χ1n) is 7.28. The van der Waals surface area contributed by atoms with Crippen LogP contribution in [0.5, 0.6) is 0 Å². The molecule has 3 rings (SSSR count). The van der Waals surface area contributed by atoms with Crippen molar-refractivity contribution in [2.45, 2.75) is 39.3 Å². The first-order chi connectivity index (χ1) is 9.29. The number of fused-ring (bicyclic) bond motifs is 1. The Morgan fingerprint density at radius 3 is 2.68 bits per heavy atom. The van der Waals surface area contributed by atoms with Crippen LogP contribution in [0.1, 0.15) is 31.7 Å². The zero-order valence-electron chi connectivity index (χ0n) is 11.5. The van der Waals surface area contributed by atoms with Gasteiger partial charge >= 0.3 is 0 Å². The summed E-state index contributed by atoms with van der Waals surface area (Å²) in [5.41, 5.74) is 2.16. The summed E-state index contributed by atoms with van der Waals surface area (Å²) in [5.74, 6) is -0.0864. The minimum Gasteiger partial charge on any atom is -0.347 e. The van der Waals surface area contributed by atoms with Gasteiger partial charge in [0.2, 0.25) is 0 Å². The van der Waals surface area contributed by atoms with Crippen molar-refractivity contribution in [1.82, 2.24) is 9.47 Å². The first kappa shape index (κ1) is 12.7. The summed E-state index contributed by atoms with van der Waals surface area (Å²) in [6.45, 7) is 6.17. The molecule has 0 atom stereocenters. The van der Waals surface area contributed by atoms with Crippen molar-refractivity contribution in [3.05, 3.63) is 35.8 Å². The van der Waals surface area contributed by atoms with Gasteiger partial charge in [0.25, 0.3) is 0 Å². The van der Waals surface area contributed by atoms with Crippen LogP contribution in [0.3, 0.4) is 0 Å². The Balaban J connectivity index is 1.98. The Bertz CT molecular complexity index is 567. The molecule has 19 heavy (non-hydrogen) atoms. The van der Waals surface area contributed by atoms with Gasteiger partial charge in [-0.3, -0.25) is 4.90 Å². The van der Waals surface area contributed by atoms with Crippen LogP contribution in [0.15, 0.2) is 24.4 Å². The van der Waals surface area contributed by atoms with E-state index in [1.807, 2.05) is 6.07 Å². The third kappa shape index (κ3) is 2.39. The van der Waals surface area contributed by atoms with Crippen LogP contribution in [0.4, 0.5) is 4.39 Å². The predicted octanol–water partition coefficient (Wildman–Crippen LogP) is 3.79. The molecular weight excluding hydrogens is 239 g/mol. The monoisotopic (exact) mass is 260 g/mol. The van der Waals surface area contributed by atoms with E-state index in [4.69, 9.17) is 0 Å². The molecule has 1 aromatic heterocycles. The second kappa shape index (κ2) is 5.33. The van der Waals surface area contributed by atoms with Gasteiger partial charge in [0.15, 0.2) is 0 Å². The zero-order valence-corrected chi connectivity index (χ0v) is 11.5. The number of likely N-dealkylation sites (tertiary alicyclic amines) is 1. The van der Waals surface area contributed by atoms with Gasteiger partial charge in [-0.1, -0.05) is 12.5 Å². The lowest BCUT2D eigenvalue weighted by molar-refractivity contribution is 0.221. The number of hydrogen-bond acceptors (Lipinski definition) is 1. The summed E-state index contributed by atoms with van der Waals surface area (Å²) in [6, 6.07) is 5.39. The molecule has 2 nitrogen and oxygen atoms in total. The summed E-state index contributed by atoms with van der Waals surface area (Å²) in [7, 11) is 0. The topological polar surface area (TPSA) is 8.17 Å². The third-order valence-corrected chi connectivity index (χ3v) is 4.12. The fourth-order valence-electron chi connectivity index (χ4n) is 3.13. The fourth-order valence-corrected chi connectivity index (χ4v) is 3.13. The third-order valence-electron chi connectivity index (χ3n) is 4.12. The molecule has 3 heteroatoms. The van der Waals surface area contributed by atoms with E-state index in [9.17, 15) is 4.39 Å². The van der Waals surface area contributed by atoms with Crippen LogP contribution < -0.4 is 0 Å². The van der Waals surface area contributed by atoms with Crippen LogP contribution in [0.2, 0.25) is 0 Å². The Labute approximate surface area is 113 Å². The normalized spacial score (nSPS) is 17.2. The molecule has 0 amide bonds. The van der Waals surface area contributed by atoms with Crippen molar-refractivity contribution >= 4 is 10.9 Å². The largest absolute Gasteiger partial charge is 0.347 e. The van der Waals surface area contributed by atoms with Gasteiger partial charge in [0.1, 0.15) is 5.82 Å². The molecular formula is C16H21FN2. The van der Waals surface area contributed by atoms with Crippen molar-refractivity contribution < 1.29 is 4.39 Å². The van der Waals surface area contributed by atoms with Gasteiger partial charge in [-0.2, -0.15) is 0 Å². The van der Waals surface area contributed by atoms with E-state index in [2.05, 4.69) is 22.6 Å². The van der Waals surface area contributed by atoms with Gasteiger partial charge in [0, 0.05) is 24.7 Å². The second-order valence-corrected chi connectivity index (χ2v) is 5.41. The van der Waals surface area contributed by atoms with E-state index in [0.29, 0.717) is 0 Å². The molecule has 0 unspecified atom stereocenters. The van der Waals surface area contributed by atoms with Crippen LogP contribution in [0.25, 0.3) is 10.9 Å². The molecule has 0 radical (unpaired) electrons. The van der Waals surface area contributed by atoms with E-state index in [-0.39, 0.29) is 5.82 Å². The summed E-state index contributed by atoms with van der Waals surface area (Å²) >= 11 is 0. The number of halogens is 1. The molecule has 1 aliphatic heterocycles. The Kier molecular flexibility index (Phi) is 3.56. The minimum atomic E-state index is -0.0864. The van der Waals surface area contributed by atoms with Crippen molar-refractivity contribution in [3.63, 3.8) is 0 Å². The number of nitrogens with zero attached hydrogens (tertiary/aromatic N) is 2. The average molecular weight is 260 g/mol. The van der Waals surface area contributed by atoms with E-state index in [1.54, 1.807) is 12.1 Å². The summed E-state index contributed by atoms with van der Waals surface area (Å²) in [5, 5.41) is 0.815. The number of piperidine rings is 1. The van der Waals surface area contributed by atoms with Crippen molar-refractivity contribution in [2.75, 3.05) is 13.1 Å². The lowest BCUT2D eigenvalue weighted by atomic mass is 10.1. The van der Waals surface area contributed by atoms with E-state index < -0.39 is 0 Å². The summed E-state index contributed by atoms with van der Waals surface area (Å²) < 4.78 is 16.3. The van der Waals surface area contributed by atoms with Crippen molar-refractivity contribution in [1.29, 1.82) is 0 Å². The zero-order chi connectivity index (χ0) is 13.2. The van der Waals surface area contributed by atoms with Crippen LogP contribution in [0, 0.1) is 5.82 Å². The van der Waals surface area contributed by atoms with Gasteiger partial charge in [0.05, 0.1) is 5.52 Å². The van der Waals surface area contributed by atoms with Crippen molar-refractivity contribution in [2.24, 2.45) is 0 Å². The number of rotatable bonds is 3. The highest BCUT2D eigenvalue weighted by molar-refractivity contribution is 5.84. The summed E-state index contributed by atoms with van der Waals surface area (Å²) in [4.78, 5) is 2.45. The van der Waals surface area contributed by atoms with Crippen LogP contribution in [-0.4, -0.2) is 22.6 Å². The molecule has 2 aromatic rings. The Hall–Kier alpha value is -1.35. The Morgan fingerprint density at radius 2 is 1.95 bits per heavy atom. The summed E-state index contributed by atoms with van der Waals surface area (Å²) in [6.07, 6.45) is 6.01. The molecule has 2 heterocycles. The molecule has 0 spiro atoms.